The van der Waals surface area contributed by atoms with Crippen molar-refractivity contribution in [1.29, 1.82) is 0 Å². The quantitative estimate of drug-likeness (QED) is 0.680. The Morgan fingerprint density at radius 2 is 1.67 bits per heavy atom. The molecule has 7 heteroatoms. The maximum Gasteiger partial charge on any atom is 0.260 e. The summed E-state index contributed by atoms with van der Waals surface area (Å²) in [5.74, 6) is -0.349. The minimum atomic E-state index is -0.451. The van der Waals surface area contributed by atoms with Crippen molar-refractivity contribution in [2.24, 2.45) is 0 Å². The normalized spacial score (nSPS) is 20.6. The van der Waals surface area contributed by atoms with Crippen LogP contribution in [0.5, 0.6) is 5.75 Å². The van der Waals surface area contributed by atoms with Gasteiger partial charge in [-0.3, -0.25) is 9.59 Å². The van der Waals surface area contributed by atoms with Gasteiger partial charge in [0.1, 0.15) is 17.3 Å². The van der Waals surface area contributed by atoms with E-state index < -0.39 is 5.82 Å². The van der Waals surface area contributed by atoms with Crippen molar-refractivity contribution in [3.8, 4) is 5.75 Å². The van der Waals surface area contributed by atoms with Crippen molar-refractivity contribution in [2.45, 2.75) is 58.0 Å². The summed E-state index contributed by atoms with van der Waals surface area (Å²) in [5, 5.41) is 2.74. The maximum absolute atomic E-state index is 14.5. The monoisotopic (exact) mass is 453 g/mol. The van der Waals surface area contributed by atoms with Crippen molar-refractivity contribution in [3.05, 3.63) is 53.8 Å². The lowest BCUT2D eigenvalue weighted by atomic mass is 9.97. The summed E-state index contributed by atoms with van der Waals surface area (Å²) in [6.07, 6.45) is 5.29. The molecule has 0 saturated carbocycles. The van der Waals surface area contributed by atoms with Crippen LogP contribution >= 0.6 is 0 Å². The van der Waals surface area contributed by atoms with Crippen molar-refractivity contribution < 1.29 is 18.7 Å². The molecule has 2 unspecified atom stereocenters. The lowest BCUT2D eigenvalue weighted by Gasteiger charge is -2.38. The second-order valence-electron chi connectivity index (χ2n) is 9.03. The molecule has 0 aliphatic carbocycles. The summed E-state index contributed by atoms with van der Waals surface area (Å²) >= 11 is 0. The zero-order valence-electron chi connectivity index (χ0n) is 19.4. The molecular weight excluding hydrogens is 421 g/mol. The Kier molecular flexibility index (Phi) is 7.16. The highest BCUT2D eigenvalue weighted by atomic mass is 19.1. The average molecular weight is 454 g/mol. The van der Waals surface area contributed by atoms with Gasteiger partial charge < -0.3 is 19.9 Å². The molecule has 0 aromatic heterocycles. The molecule has 2 saturated heterocycles. The van der Waals surface area contributed by atoms with E-state index in [1.165, 1.54) is 6.07 Å². The minimum absolute atomic E-state index is 0.0227. The molecule has 33 heavy (non-hydrogen) atoms. The number of anilines is 2. The fourth-order valence-electron chi connectivity index (χ4n) is 4.88. The Balaban J connectivity index is 1.38. The summed E-state index contributed by atoms with van der Waals surface area (Å²) in [6, 6.07) is 11.9. The molecule has 2 aromatic carbocycles. The van der Waals surface area contributed by atoms with Crippen molar-refractivity contribution in [1.82, 2.24) is 4.90 Å². The third-order valence-corrected chi connectivity index (χ3v) is 6.64. The summed E-state index contributed by atoms with van der Waals surface area (Å²) in [5.41, 5.74) is 1.31. The van der Waals surface area contributed by atoms with Crippen LogP contribution < -0.4 is 15.0 Å². The van der Waals surface area contributed by atoms with Gasteiger partial charge in [-0.15, -0.1) is 0 Å². The lowest BCUT2D eigenvalue weighted by molar-refractivity contribution is -0.139. The van der Waals surface area contributed by atoms with Gasteiger partial charge in [-0.25, -0.2) is 4.39 Å². The highest BCUT2D eigenvalue weighted by Gasteiger charge is 2.29. The first-order chi connectivity index (χ1) is 15.9. The van der Waals surface area contributed by atoms with E-state index in [1.54, 1.807) is 30.3 Å². The molecule has 6 nitrogen and oxygen atoms in total. The maximum atomic E-state index is 14.5. The Bertz CT molecular complexity index is 979. The number of amides is 2. The summed E-state index contributed by atoms with van der Waals surface area (Å²) < 4.78 is 20.2. The smallest absolute Gasteiger partial charge is 0.260 e. The van der Waals surface area contributed by atoms with E-state index in [4.69, 9.17) is 4.74 Å². The van der Waals surface area contributed by atoms with Crippen LogP contribution in [0, 0.1) is 5.82 Å². The van der Waals surface area contributed by atoms with Gasteiger partial charge >= 0.3 is 0 Å². The number of hydrogen-bond donors (Lipinski definition) is 1. The van der Waals surface area contributed by atoms with Crippen LogP contribution in [0.1, 0.15) is 56.3 Å². The van der Waals surface area contributed by atoms with Crippen LogP contribution in [-0.2, 0) is 4.79 Å². The standard InChI is InChI=1S/C26H32FN3O3/c1-18-7-5-8-19(2)30(18)24(31)17-33-21-13-11-20(12-14-21)26(32)28-25-22(27)9-6-10-23(25)29-15-3-4-16-29/h6,9-14,18-19H,3-5,7-8,15-17H2,1-2H3,(H,28,32). The molecule has 2 amide bonds. The van der Waals surface area contributed by atoms with Crippen molar-refractivity contribution in [2.75, 3.05) is 29.9 Å². The van der Waals surface area contributed by atoms with Gasteiger partial charge in [0.25, 0.3) is 11.8 Å². The van der Waals surface area contributed by atoms with E-state index in [-0.39, 0.29) is 36.2 Å². The van der Waals surface area contributed by atoms with E-state index >= 15 is 0 Å². The molecule has 2 aromatic rings. The van der Waals surface area contributed by atoms with Crippen LogP contribution in [0.15, 0.2) is 42.5 Å². The van der Waals surface area contributed by atoms with Crippen molar-refractivity contribution in [3.63, 3.8) is 0 Å². The summed E-state index contributed by atoms with van der Waals surface area (Å²) in [6.45, 7) is 5.82. The Morgan fingerprint density at radius 3 is 2.33 bits per heavy atom. The van der Waals surface area contributed by atoms with Crippen LogP contribution in [0.2, 0.25) is 0 Å². The number of piperidine rings is 1. The van der Waals surface area contributed by atoms with Crippen LogP contribution in [0.3, 0.4) is 0 Å². The minimum Gasteiger partial charge on any atom is -0.484 e. The third-order valence-electron chi connectivity index (χ3n) is 6.64. The second-order valence-corrected chi connectivity index (χ2v) is 9.03. The van der Waals surface area contributed by atoms with Crippen LogP contribution in [0.4, 0.5) is 15.8 Å². The molecule has 2 atom stereocenters. The van der Waals surface area contributed by atoms with Crippen LogP contribution in [-0.4, -0.2) is 48.5 Å². The largest absolute Gasteiger partial charge is 0.484 e. The number of carbonyl (C=O) groups is 2. The molecule has 2 aliphatic rings. The lowest BCUT2D eigenvalue weighted by Crippen LogP contribution is -2.49. The third kappa shape index (κ3) is 5.29. The molecule has 176 valence electrons. The van der Waals surface area contributed by atoms with E-state index in [9.17, 15) is 14.0 Å². The van der Waals surface area contributed by atoms with Gasteiger partial charge in [-0.2, -0.15) is 0 Å². The number of benzene rings is 2. The molecule has 0 spiro atoms. The van der Waals surface area contributed by atoms with Gasteiger partial charge in [0.05, 0.1) is 5.69 Å². The van der Waals surface area contributed by atoms with E-state index in [0.29, 0.717) is 17.0 Å². The molecule has 2 aliphatic heterocycles. The SMILES string of the molecule is CC1CCCC(C)N1C(=O)COc1ccc(C(=O)Nc2c(F)cccc2N2CCCC2)cc1. The van der Waals surface area contributed by atoms with Crippen molar-refractivity contribution >= 4 is 23.2 Å². The van der Waals surface area contributed by atoms with Gasteiger partial charge in [0.15, 0.2) is 6.61 Å². The number of ether oxygens (including phenoxy) is 1. The summed E-state index contributed by atoms with van der Waals surface area (Å²) in [7, 11) is 0. The fourth-order valence-corrected chi connectivity index (χ4v) is 4.88. The predicted molar refractivity (Wildman–Crippen MR) is 127 cm³/mol. The molecule has 1 N–H and O–H groups in total. The van der Waals surface area contributed by atoms with Gasteiger partial charge in [-0.1, -0.05) is 6.07 Å². The molecule has 2 fully saturated rings. The predicted octanol–water partition coefficient (Wildman–Crippen LogP) is 4.85. The first-order valence-electron chi connectivity index (χ1n) is 11.8. The topological polar surface area (TPSA) is 61.9 Å². The molecule has 0 bridgehead atoms. The molecule has 0 radical (unpaired) electrons. The number of para-hydroxylation sites is 1. The van der Waals surface area contributed by atoms with Gasteiger partial charge in [0, 0.05) is 30.7 Å². The Morgan fingerprint density at radius 1 is 1.00 bits per heavy atom. The van der Waals surface area contributed by atoms with Crippen LogP contribution in [0.25, 0.3) is 0 Å². The second kappa shape index (κ2) is 10.2. The number of rotatable bonds is 6. The number of nitrogens with one attached hydrogen (secondary N) is 1. The van der Waals surface area contributed by atoms with E-state index in [1.807, 2.05) is 11.0 Å². The zero-order chi connectivity index (χ0) is 23.4. The molecule has 2 heterocycles. The number of carbonyl (C=O) groups excluding carboxylic acids is 2. The highest BCUT2D eigenvalue weighted by Crippen LogP contribution is 2.31. The van der Waals surface area contributed by atoms with E-state index in [2.05, 4.69) is 24.1 Å². The van der Waals surface area contributed by atoms with E-state index in [0.717, 1.165) is 45.2 Å². The average Bonchev–Trinajstić information content (AvgIpc) is 3.34. The fraction of sp³-hybridized carbons (Fsp3) is 0.462. The number of halogens is 1. The molecular formula is C26H32FN3O3. The number of likely N-dealkylation sites (tertiary alicyclic amines) is 1. The summed E-state index contributed by atoms with van der Waals surface area (Å²) in [4.78, 5) is 29.4. The Hall–Kier alpha value is -3.09. The first kappa shape index (κ1) is 23.1. The number of nitrogens with zero attached hydrogens (tertiary/aromatic N) is 2. The number of hydrogen-bond acceptors (Lipinski definition) is 4. The Labute approximate surface area is 194 Å². The molecule has 4 rings (SSSR count). The first-order valence-corrected chi connectivity index (χ1v) is 11.8. The van der Waals surface area contributed by atoms with Gasteiger partial charge in [-0.05, 0) is 82.3 Å². The zero-order valence-corrected chi connectivity index (χ0v) is 19.4. The highest BCUT2D eigenvalue weighted by molar-refractivity contribution is 6.06. The van der Waals surface area contributed by atoms with Gasteiger partial charge in [0.2, 0.25) is 0 Å².